The molecule has 6 atom stereocenters. The normalized spacial score (nSPS) is 16.6. The lowest BCUT2D eigenvalue weighted by Crippen LogP contribution is -2.58. The Morgan fingerprint density at radius 1 is 0.889 bits per heavy atom. The van der Waals surface area contributed by atoms with E-state index in [4.69, 9.17) is 0 Å². The van der Waals surface area contributed by atoms with Crippen LogP contribution in [0.1, 0.15) is 70.0 Å². The zero-order valence-electron chi connectivity index (χ0n) is 32.7. The number of aromatic nitrogens is 1. The number of likely N-dealkylation sites (N-methyl/N-ethyl adjacent to an activating group) is 1. The number of aliphatic hydroxyl groups is 1. The van der Waals surface area contributed by atoms with Crippen LogP contribution >= 0.6 is 0 Å². The Bertz CT molecular complexity index is 1700. The van der Waals surface area contributed by atoms with E-state index < -0.39 is 47.7 Å². The Labute approximate surface area is 319 Å². The van der Waals surface area contributed by atoms with E-state index in [1.807, 2.05) is 99.6 Å². The summed E-state index contributed by atoms with van der Waals surface area (Å²) >= 11 is 0. The highest BCUT2D eigenvalue weighted by Gasteiger charge is 2.42. The number of aliphatic hydroxyl groups excluding tert-OH is 1. The lowest BCUT2D eigenvalue weighted by atomic mass is 9.84. The van der Waals surface area contributed by atoms with Gasteiger partial charge in [0.15, 0.2) is 0 Å². The molecule has 4 rings (SSSR count). The van der Waals surface area contributed by atoms with E-state index in [1.165, 1.54) is 7.05 Å². The Morgan fingerprint density at radius 3 is 2.06 bits per heavy atom. The molecule has 4 N–H and O–H groups in total. The number of carbonyl (C=O) groups is 4. The maximum absolute atomic E-state index is 14.4. The van der Waals surface area contributed by atoms with Gasteiger partial charge >= 0.3 is 12.1 Å². The van der Waals surface area contributed by atoms with E-state index in [1.54, 1.807) is 30.6 Å². The number of amides is 5. The molecule has 0 aliphatic carbocycles. The van der Waals surface area contributed by atoms with Crippen LogP contribution in [0.2, 0.25) is 0 Å². The Morgan fingerprint density at radius 2 is 1.50 bits per heavy atom. The van der Waals surface area contributed by atoms with Crippen LogP contribution in [0.4, 0.5) is 9.59 Å². The molecule has 54 heavy (non-hydrogen) atoms. The molecule has 12 nitrogen and oxygen atoms in total. The molecule has 1 aliphatic rings. The van der Waals surface area contributed by atoms with Gasteiger partial charge in [-0.1, -0.05) is 108 Å². The van der Waals surface area contributed by atoms with Crippen LogP contribution in [-0.2, 0) is 29.0 Å². The summed E-state index contributed by atoms with van der Waals surface area (Å²) in [6, 6.07) is 21.4. The van der Waals surface area contributed by atoms with Gasteiger partial charge in [0.05, 0.1) is 24.4 Å². The minimum absolute atomic E-state index is 0.0830. The summed E-state index contributed by atoms with van der Waals surface area (Å²) in [7, 11) is 1.36. The fourth-order valence-corrected chi connectivity index (χ4v) is 7.33. The van der Waals surface area contributed by atoms with Gasteiger partial charge in [-0.2, -0.15) is 0 Å². The lowest BCUT2D eigenvalue weighted by molar-refractivity contribution is -0.131. The fourth-order valence-electron chi connectivity index (χ4n) is 7.33. The first-order valence-electron chi connectivity index (χ1n) is 18.9. The highest BCUT2D eigenvalue weighted by atomic mass is 16.4. The molecule has 1 unspecified atom stereocenters. The first-order chi connectivity index (χ1) is 25.6. The number of benzene rings is 2. The summed E-state index contributed by atoms with van der Waals surface area (Å²) in [6.07, 6.45) is -0.951. The molecule has 2 aromatic carbocycles. The first kappa shape index (κ1) is 41.8. The van der Waals surface area contributed by atoms with Crippen molar-refractivity contribution in [2.75, 3.05) is 20.1 Å². The van der Waals surface area contributed by atoms with Crippen molar-refractivity contribution in [3.8, 4) is 0 Å². The number of hydrogen-bond donors (Lipinski definition) is 4. The molecule has 0 radical (unpaired) electrons. The molecular weight excluding hydrogens is 684 g/mol. The topological polar surface area (TPSA) is 155 Å². The third kappa shape index (κ3) is 11.3. The Balaban J connectivity index is 1.60. The predicted molar refractivity (Wildman–Crippen MR) is 209 cm³/mol. The monoisotopic (exact) mass is 742 g/mol. The highest BCUT2D eigenvalue weighted by molar-refractivity contribution is 5.88. The van der Waals surface area contributed by atoms with Gasteiger partial charge in [-0.25, -0.2) is 9.59 Å². The maximum atomic E-state index is 14.4. The second-order valence-corrected chi connectivity index (χ2v) is 15.7. The van der Waals surface area contributed by atoms with E-state index in [0.29, 0.717) is 32.5 Å². The molecule has 2 heterocycles. The predicted octanol–water partition coefficient (Wildman–Crippen LogP) is 5.27. The number of carbonyl (C=O) groups excluding carboxylic acids is 3. The van der Waals surface area contributed by atoms with Crippen LogP contribution in [0.15, 0.2) is 78.9 Å². The van der Waals surface area contributed by atoms with E-state index in [0.717, 1.165) is 27.4 Å². The summed E-state index contributed by atoms with van der Waals surface area (Å²) in [4.78, 5) is 63.0. The van der Waals surface area contributed by atoms with Crippen molar-refractivity contribution in [2.24, 2.45) is 11.3 Å². The van der Waals surface area contributed by atoms with Gasteiger partial charge in [0, 0.05) is 31.9 Å². The molecule has 1 aliphatic heterocycles. The number of urea groups is 1. The van der Waals surface area contributed by atoms with Gasteiger partial charge in [0.2, 0.25) is 11.8 Å². The third-order valence-electron chi connectivity index (χ3n) is 10.3. The SMILES string of the molecule is CCC(C)[C@@H](C(=O)N[C@@H](Cc1ccccc1)C[C@H](O)[C@H](Cc1ccccc1)NC(=O)[C@@H](N(C)C(=O)O)C(C)(C)C)N1CCN(Cc2cccc(C)n2)C1=O. The van der Waals surface area contributed by atoms with Gasteiger partial charge in [-0.3, -0.25) is 19.5 Å². The van der Waals surface area contributed by atoms with E-state index in [-0.39, 0.29) is 30.7 Å². The van der Waals surface area contributed by atoms with Gasteiger partial charge in [-0.05, 0) is 60.8 Å². The standard InChI is InChI=1S/C42H58N6O6/c1-8-28(2)36(48-23-22-47(40(48)52)27-32-21-15-16-29(3)43-32)38(50)44-33(24-30-17-11-9-12-18-30)26-35(49)34(25-31-19-13-10-14-20-31)45-39(51)37(42(4,5)6)46(7)41(53)54/h9-21,28,33-37,49H,8,22-27H2,1-7H3,(H,44,50)(H,45,51)(H,53,54)/t28?,33-,34-,35-,36-,37+/m0/s1. The molecule has 1 fully saturated rings. The van der Waals surface area contributed by atoms with Crippen LogP contribution in [-0.4, -0.2) is 104 Å². The molecule has 0 saturated carbocycles. The second kappa shape index (κ2) is 18.9. The minimum atomic E-state index is -1.24. The zero-order chi connectivity index (χ0) is 39.6. The van der Waals surface area contributed by atoms with Gasteiger partial charge < -0.3 is 30.6 Å². The highest BCUT2D eigenvalue weighted by Crippen LogP contribution is 2.26. The molecule has 0 bridgehead atoms. The number of hydrogen-bond acceptors (Lipinski definition) is 6. The number of nitrogens with zero attached hydrogens (tertiary/aromatic N) is 4. The third-order valence-corrected chi connectivity index (χ3v) is 10.3. The van der Waals surface area contributed by atoms with E-state index >= 15 is 0 Å². The summed E-state index contributed by atoms with van der Waals surface area (Å²) in [5.74, 6) is -0.981. The fraction of sp³-hybridized carbons (Fsp3) is 0.500. The van der Waals surface area contributed by atoms with Gasteiger partial charge in [0.1, 0.15) is 12.1 Å². The molecule has 12 heteroatoms. The van der Waals surface area contributed by atoms with Crippen molar-refractivity contribution in [2.45, 2.75) is 104 Å². The largest absolute Gasteiger partial charge is 0.465 e. The van der Waals surface area contributed by atoms with Crippen LogP contribution in [0.25, 0.3) is 0 Å². The molecule has 5 amide bonds. The average molecular weight is 743 g/mol. The smallest absolute Gasteiger partial charge is 0.407 e. The second-order valence-electron chi connectivity index (χ2n) is 15.7. The van der Waals surface area contributed by atoms with Gasteiger partial charge in [0.25, 0.3) is 0 Å². The Hall–Kier alpha value is -4.97. The van der Waals surface area contributed by atoms with E-state index in [2.05, 4.69) is 15.6 Å². The Kier molecular flexibility index (Phi) is 14.6. The molecule has 1 aromatic heterocycles. The minimum Gasteiger partial charge on any atom is -0.465 e. The van der Waals surface area contributed by atoms with Crippen molar-refractivity contribution in [1.29, 1.82) is 0 Å². The summed E-state index contributed by atoms with van der Waals surface area (Å²) in [6.45, 7) is 12.5. The van der Waals surface area contributed by atoms with Gasteiger partial charge in [-0.15, -0.1) is 0 Å². The quantitative estimate of drug-likeness (QED) is 0.147. The van der Waals surface area contributed by atoms with Crippen molar-refractivity contribution in [3.63, 3.8) is 0 Å². The average Bonchev–Trinajstić information content (AvgIpc) is 3.46. The van der Waals surface area contributed by atoms with Crippen LogP contribution in [0.5, 0.6) is 0 Å². The van der Waals surface area contributed by atoms with Crippen LogP contribution in [0.3, 0.4) is 0 Å². The number of carboxylic acid groups (broad SMARTS) is 1. The number of aryl methyl sites for hydroxylation is 1. The van der Waals surface area contributed by atoms with Crippen molar-refractivity contribution in [1.82, 2.24) is 30.3 Å². The molecule has 3 aromatic rings. The summed E-state index contributed by atoms with van der Waals surface area (Å²) in [5.41, 5.74) is 2.73. The molecule has 1 saturated heterocycles. The lowest BCUT2D eigenvalue weighted by Gasteiger charge is -2.37. The first-order valence-corrected chi connectivity index (χ1v) is 18.9. The van der Waals surface area contributed by atoms with Crippen molar-refractivity contribution in [3.05, 3.63) is 101 Å². The maximum Gasteiger partial charge on any atom is 0.407 e. The summed E-state index contributed by atoms with van der Waals surface area (Å²) < 4.78 is 0. The zero-order valence-corrected chi connectivity index (χ0v) is 32.7. The van der Waals surface area contributed by atoms with Crippen LogP contribution in [0, 0.1) is 18.3 Å². The van der Waals surface area contributed by atoms with Crippen molar-refractivity contribution >= 4 is 23.9 Å². The number of pyridine rings is 1. The van der Waals surface area contributed by atoms with Crippen molar-refractivity contribution < 1.29 is 29.4 Å². The molecular formula is C42H58N6O6. The van der Waals surface area contributed by atoms with Crippen LogP contribution < -0.4 is 10.6 Å². The number of rotatable bonds is 17. The number of nitrogens with one attached hydrogen (secondary N) is 2. The molecule has 292 valence electrons. The molecule has 0 spiro atoms. The summed E-state index contributed by atoms with van der Waals surface area (Å²) in [5, 5.41) is 28.0. The van der Waals surface area contributed by atoms with E-state index in [9.17, 15) is 29.4 Å².